The second-order valence-electron chi connectivity index (χ2n) is 2.59. The number of halogens is 1. The van der Waals surface area contributed by atoms with Crippen molar-refractivity contribution in [1.82, 2.24) is 9.97 Å². The average molecular weight is 174 g/mol. The van der Waals surface area contributed by atoms with Gasteiger partial charge in [-0.15, -0.1) is 0 Å². The Hall–Kier alpha value is -1.77. The second kappa shape index (κ2) is 3.31. The van der Waals surface area contributed by atoms with Crippen LogP contribution in [0.2, 0.25) is 0 Å². The van der Waals surface area contributed by atoms with Gasteiger partial charge >= 0.3 is 0 Å². The van der Waals surface area contributed by atoms with Crippen LogP contribution < -0.4 is 0 Å². The first-order valence-electron chi connectivity index (χ1n) is 3.89. The molecule has 0 spiro atoms. The molecule has 0 amide bonds. The van der Waals surface area contributed by atoms with Crippen LogP contribution in [-0.4, -0.2) is 9.97 Å². The maximum absolute atomic E-state index is 12.7. The summed E-state index contributed by atoms with van der Waals surface area (Å²) >= 11 is 0. The van der Waals surface area contributed by atoms with Gasteiger partial charge in [-0.1, -0.05) is 30.3 Å². The highest BCUT2D eigenvalue weighted by atomic mass is 19.1. The van der Waals surface area contributed by atoms with E-state index in [4.69, 9.17) is 0 Å². The Morgan fingerprint density at radius 1 is 1.00 bits per heavy atom. The molecule has 0 saturated heterocycles. The van der Waals surface area contributed by atoms with E-state index in [0.717, 1.165) is 5.56 Å². The SMILES string of the molecule is Fc1cc(-c2ccccc2)ncn1. The van der Waals surface area contributed by atoms with Crippen LogP contribution in [0.25, 0.3) is 11.3 Å². The molecule has 1 aromatic heterocycles. The van der Waals surface area contributed by atoms with Crippen molar-refractivity contribution in [3.63, 3.8) is 0 Å². The fourth-order valence-corrected chi connectivity index (χ4v) is 1.10. The highest BCUT2D eigenvalue weighted by Gasteiger charge is 1.99. The van der Waals surface area contributed by atoms with Gasteiger partial charge in [0.15, 0.2) is 0 Å². The third kappa shape index (κ3) is 1.69. The molecule has 2 rings (SSSR count). The normalized spacial score (nSPS) is 9.92. The summed E-state index contributed by atoms with van der Waals surface area (Å²) in [5, 5.41) is 0. The fraction of sp³-hybridized carbons (Fsp3) is 0. The largest absolute Gasteiger partial charge is 0.236 e. The zero-order valence-corrected chi connectivity index (χ0v) is 6.81. The second-order valence-corrected chi connectivity index (χ2v) is 2.59. The van der Waals surface area contributed by atoms with E-state index in [2.05, 4.69) is 9.97 Å². The van der Waals surface area contributed by atoms with E-state index in [1.165, 1.54) is 12.4 Å². The van der Waals surface area contributed by atoms with Crippen LogP contribution in [0.4, 0.5) is 4.39 Å². The lowest BCUT2D eigenvalue weighted by Crippen LogP contribution is -1.87. The minimum Gasteiger partial charge on any atom is -0.236 e. The van der Waals surface area contributed by atoms with E-state index < -0.39 is 5.95 Å². The number of hydrogen-bond acceptors (Lipinski definition) is 2. The van der Waals surface area contributed by atoms with Crippen LogP contribution in [0.5, 0.6) is 0 Å². The molecule has 0 aliphatic rings. The third-order valence-corrected chi connectivity index (χ3v) is 1.70. The van der Waals surface area contributed by atoms with Crippen molar-refractivity contribution in [2.75, 3.05) is 0 Å². The first-order chi connectivity index (χ1) is 6.36. The number of rotatable bonds is 1. The van der Waals surface area contributed by atoms with Crippen molar-refractivity contribution in [2.45, 2.75) is 0 Å². The Morgan fingerprint density at radius 3 is 2.46 bits per heavy atom. The summed E-state index contributed by atoms with van der Waals surface area (Å²) in [7, 11) is 0. The van der Waals surface area contributed by atoms with Gasteiger partial charge < -0.3 is 0 Å². The molecule has 0 radical (unpaired) electrons. The van der Waals surface area contributed by atoms with Crippen molar-refractivity contribution < 1.29 is 4.39 Å². The Balaban J connectivity index is 2.48. The van der Waals surface area contributed by atoms with Gasteiger partial charge in [0.2, 0.25) is 5.95 Å². The Bertz CT molecular complexity index is 401. The van der Waals surface area contributed by atoms with Crippen LogP contribution in [-0.2, 0) is 0 Å². The molecule has 13 heavy (non-hydrogen) atoms. The Kier molecular flexibility index (Phi) is 2.00. The first kappa shape index (κ1) is 7.86. The molecule has 0 fully saturated rings. The first-order valence-corrected chi connectivity index (χ1v) is 3.89. The molecule has 0 unspecified atom stereocenters. The lowest BCUT2D eigenvalue weighted by atomic mass is 10.1. The molecule has 0 saturated carbocycles. The van der Waals surface area contributed by atoms with Gasteiger partial charge in [0.1, 0.15) is 6.33 Å². The van der Waals surface area contributed by atoms with Crippen LogP contribution in [0.3, 0.4) is 0 Å². The maximum Gasteiger partial charge on any atom is 0.216 e. The van der Waals surface area contributed by atoms with Crippen molar-refractivity contribution >= 4 is 0 Å². The van der Waals surface area contributed by atoms with Gasteiger partial charge in [0, 0.05) is 11.6 Å². The molecule has 1 heterocycles. The molecular weight excluding hydrogens is 167 g/mol. The van der Waals surface area contributed by atoms with Crippen LogP contribution in [0.15, 0.2) is 42.7 Å². The van der Waals surface area contributed by atoms with E-state index in [9.17, 15) is 4.39 Å². The van der Waals surface area contributed by atoms with Crippen molar-refractivity contribution in [3.05, 3.63) is 48.7 Å². The van der Waals surface area contributed by atoms with E-state index in [1.54, 1.807) is 0 Å². The predicted octanol–water partition coefficient (Wildman–Crippen LogP) is 2.28. The molecular formula is C10H7FN2. The van der Waals surface area contributed by atoms with Crippen LogP contribution in [0, 0.1) is 5.95 Å². The number of benzene rings is 1. The molecule has 1 aromatic carbocycles. The van der Waals surface area contributed by atoms with Crippen molar-refractivity contribution in [1.29, 1.82) is 0 Å². The standard InChI is InChI=1S/C10H7FN2/c11-10-6-9(12-7-13-10)8-4-2-1-3-5-8/h1-7H. The minimum absolute atomic E-state index is 0.506. The third-order valence-electron chi connectivity index (χ3n) is 1.70. The van der Waals surface area contributed by atoms with E-state index in [1.807, 2.05) is 30.3 Å². The highest BCUT2D eigenvalue weighted by molar-refractivity contribution is 5.57. The summed E-state index contributed by atoms with van der Waals surface area (Å²) in [6.45, 7) is 0. The average Bonchev–Trinajstić information content (AvgIpc) is 2.19. The van der Waals surface area contributed by atoms with E-state index >= 15 is 0 Å². The van der Waals surface area contributed by atoms with Crippen molar-refractivity contribution in [3.8, 4) is 11.3 Å². The minimum atomic E-state index is -0.506. The van der Waals surface area contributed by atoms with Gasteiger partial charge in [0.25, 0.3) is 0 Å². The van der Waals surface area contributed by atoms with Gasteiger partial charge in [-0.05, 0) is 0 Å². The quantitative estimate of drug-likeness (QED) is 0.620. The zero-order chi connectivity index (χ0) is 9.10. The Morgan fingerprint density at radius 2 is 1.77 bits per heavy atom. The Labute approximate surface area is 75.1 Å². The zero-order valence-electron chi connectivity index (χ0n) is 6.81. The number of aromatic nitrogens is 2. The summed E-state index contributed by atoms with van der Waals surface area (Å²) in [4.78, 5) is 7.35. The van der Waals surface area contributed by atoms with Gasteiger partial charge in [-0.3, -0.25) is 0 Å². The predicted molar refractivity (Wildman–Crippen MR) is 47.4 cm³/mol. The van der Waals surface area contributed by atoms with Gasteiger partial charge in [-0.2, -0.15) is 4.39 Å². The molecule has 2 aromatic rings. The number of hydrogen-bond donors (Lipinski definition) is 0. The summed E-state index contributed by atoms with van der Waals surface area (Å²) in [5.41, 5.74) is 1.50. The molecule has 3 heteroatoms. The summed E-state index contributed by atoms with van der Waals surface area (Å²) in [6.07, 6.45) is 1.22. The van der Waals surface area contributed by atoms with Crippen LogP contribution >= 0.6 is 0 Å². The topological polar surface area (TPSA) is 25.8 Å². The molecule has 0 N–H and O–H groups in total. The van der Waals surface area contributed by atoms with Crippen LogP contribution in [0.1, 0.15) is 0 Å². The molecule has 0 bridgehead atoms. The molecule has 0 aliphatic carbocycles. The van der Waals surface area contributed by atoms with Gasteiger partial charge in [-0.25, -0.2) is 9.97 Å². The molecule has 64 valence electrons. The lowest BCUT2D eigenvalue weighted by molar-refractivity contribution is 0.580. The monoisotopic (exact) mass is 174 g/mol. The molecule has 0 aliphatic heterocycles. The lowest BCUT2D eigenvalue weighted by Gasteiger charge is -1.98. The van der Waals surface area contributed by atoms with E-state index in [-0.39, 0.29) is 0 Å². The van der Waals surface area contributed by atoms with Crippen molar-refractivity contribution in [2.24, 2.45) is 0 Å². The van der Waals surface area contributed by atoms with Gasteiger partial charge in [0.05, 0.1) is 5.69 Å². The molecule has 2 nitrogen and oxygen atoms in total. The fourth-order valence-electron chi connectivity index (χ4n) is 1.10. The van der Waals surface area contributed by atoms with E-state index in [0.29, 0.717) is 5.69 Å². The highest BCUT2D eigenvalue weighted by Crippen LogP contribution is 2.15. The summed E-state index contributed by atoms with van der Waals surface area (Å²) in [5.74, 6) is -0.506. The number of nitrogens with zero attached hydrogens (tertiary/aromatic N) is 2. The maximum atomic E-state index is 12.7. The smallest absolute Gasteiger partial charge is 0.216 e. The summed E-state index contributed by atoms with van der Waals surface area (Å²) < 4.78 is 12.7. The summed E-state index contributed by atoms with van der Waals surface area (Å²) in [6, 6.07) is 10.7. The molecule has 0 atom stereocenters.